The maximum atomic E-state index is 12.6. The monoisotopic (exact) mass is 409 g/mol. The molecule has 0 saturated carbocycles. The zero-order valence-electron chi connectivity index (χ0n) is 14.2. The summed E-state index contributed by atoms with van der Waals surface area (Å²) in [5.74, 6) is 0. The molecular formula is C18H17Cl2N3O2S. The lowest BCUT2D eigenvalue weighted by Gasteiger charge is -2.09. The minimum atomic E-state index is -3.69. The summed E-state index contributed by atoms with van der Waals surface area (Å²) in [5.41, 5.74) is 2.78. The van der Waals surface area contributed by atoms with E-state index in [0.717, 1.165) is 11.1 Å². The van der Waals surface area contributed by atoms with Crippen molar-refractivity contribution in [3.63, 3.8) is 0 Å². The molecule has 5 nitrogen and oxygen atoms in total. The molecule has 1 heterocycles. The topological polar surface area (TPSA) is 64.0 Å². The SMILES string of the molecule is Cc1ccc(C)c(S(=O)(=O)Nc2cnn(Cc3ccc(Cl)cc3Cl)c2)c1. The molecule has 0 bridgehead atoms. The van der Waals surface area contributed by atoms with Crippen molar-refractivity contribution in [1.82, 2.24) is 9.78 Å². The van der Waals surface area contributed by atoms with Gasteiger partial charge in [-0.1, -0.05) is 41.4 Å². The molecule has 0 fully saturated rings. The normalized spacial score (nSPS) is 11.5. The Labute approximate surface area is 162 Å². The average molecular weight is 410 g/mol. The summed E-state index contributed by atoms with van der Waals surface area (Å²) >= 11 is 12.1. The molecule has 0 amide bonds. The van der Waals surface area contributed by atoms with Crippen molar-refractivity contribution in [3.8, 4) is 0 Å². The van der Waals surface area contributed by atoms with Crippen molar-refractivity contribution in [2.24, 2.45) is 0 Å². The molecule has 8 heteroatoms. The molecule has 2 aromatic carbocycles. The van der Waals surface area contributed by atoms with Crippen LogP contribution < -0.4 is 4.72 Å². The van der Waals surface area contributed by atoms with Gasteiger partial charge in [0.25, 0.3) is 10.0 Å². The van der Waals surface area contributed by atoms with Gasteiger partial charge in [0.2, 0.25) is 0 Å². The zero-order valence-corrected chi connectivity index (χ0v) is 16.5. The Bertz CT molecular complexity index is 1060. The highest BCUT2D eigenvalue weighted by Crippen LogP contribution is 2.23. The van der Waals surface area contributed by atoms with Gasteiger partial charge in [-0.25, -0.2) is 8.42 Å². The average Bonchev–Trinajstić information content (AvgIpc) is 2.98. The van der Waals surface area contributed by atoms with Gasteiger partial charge in [0, 0.05) is 16.2 Å². The summed E-state index contributed by atoms with van der Waals surface area (Å²) in [6.07, 6.45) is 3.08. The fraction of sp³-hybridized carbons (Fsp3) is 0.167. The predicted octanol–water partition coefficient (Wildman–Crippen LogP) is 4.66. The fourth-order valence-electron chi connectivity index (χ4n) is 2.53. The Hall–Kier alpha value is -2.02. The number of hydrogen-bond acceptors (Lipinski definition) is 3. The van der Waals surface area contributed by atoms with E-state index in [-0.39, 0.29) is 4.90 Å². The van der Waals surface area contributed by atoms with Gasteiger partial charge in [-0.05, 0) is 48.7 Å². The van der Waals surface area contributed by atoms with Gasteiger partial charge in [0.1, 0.15) is 0 Å². The number of aromatic nitrogens is 2. The summed E-state index contributed by atoms with van der Waals surface area (Å²) in [4.78, 5) is 0.256. The number of nitrogens with zero attached hydrogens (tertiary/aromatic N) is 2. The summed E-state index contributed by atoms with van der Waals surface area (Å²) < 4.78 is 29.5. The second-order valence-electron chi connectivity index (χ2n) is 6.04. The number of sulfonamides is 1. The Morgan fingerprint density at radius 3 is 2.62 bits per heavy atom. The van der Waals surface area contributed by atoms with E-state index in [0.29, 0.717) is 27.8 Å². The molecule has 136 valence electrons. The first kappa shape index (κ1) is 18.8. The molecule has 1 N–H and O–H groups in total. The largest absolute Gasteiger partial charge is 0.276 e. The first-order valence-electron chi connectivity index (χ1n) is 7.81. The first-order chi connectivity index (χ1) is 12.2. The maximum Gasteiger partial charge on any atom is 0.262 e. The van der Waals surface area contributed by atoms with Gasteiger partial charge >= 0.3 is 0 Å². The number of hydrogen-bond donors (Lipinski definition) is 1. The number of rotatable bonds is 5. The molecule has 0 aliphatic carbocycles. The molecule has 1 aromatic heterocycles. The molecule has 0 aliphatic heterocycles. The van der Waals surface area contributed by atoms with Crippen LogP contribution in [0, 0.1) is 13.8 Å². The third kappa shape index (κ3) is 4.20. The van der Waals surface area contributed by atoms with Crippen molar-refractivity contribution in [1.29, 1.82) is 0 Å². The van der Waals surface area contributed by atoms with Gasteiger partial charge < -0.3 is 0 Å². The van der Waals surface area contributed by atoms with Crippen LogP contribution in [0.15, 0.2) is 53.7 Å². The van der Waals surface area contributed by atoms with E-state index in [9.17, 15) is 8.42 Å². The minimum absolute atomic E-state index is 0.256. The molecule has 0 atom stereocenters. The summed E-state index contributed by atoms with van der Waals surface area (Å²) in [6.45, 7) is 4.02. The minimum Gasteiger partial charge on any atom is -0.276 e. The first-order valence-corrected chi connectivity index (χ1v) is 10.0. The highest BCUT2D eigenvalue weighted by molar-refractivity contribution is 7.92. The van der Waals surface area contributed by atoms with E-state index in [1.54, 1.807) is 42.1 Å². The molecule has 3 rings (SSSR count). The highest BCUT2D eigenvalue weighted by atomic mass is 35.5. The van der Waals surface area contributed by atoms with Crippen molar-refractivity contribution in [2.45, 2.75) is 25.3 Å². The number of nitrogens with one attached hydrogen (secondary N) is 1. The van der Waals surface area contributed by atoms with Crippen molar-refractivity contribution >= 4 is 38.9 Å². The number of anilines is 1. The van der Waals surface area contributed by atoms with E-state index in [4.69, 9.17) is 23.2 Å². The van der Waals surface area contributed by atoms with Crippen LogP contribution in [0.2, 0.25) is 10.0 Å². The number of aryl methyl sites for hydroxylation is 2. The van der Waals surface area contributed by atoms with Gasteiger partial charge in [-0.3, -0.25) is 9.40 Å². The van der Waals surface area contributed by atoms with E-state index in [1.807, 2.05) is 19.1 Å². The lowest BCUT2D eigenvalue weighted by molar-refractivity contribution is 0.600. The van der Waals surface area contributed by atoms with Gasteiger partial charge in [-0.2, -0.15) is 5.10 Å². The molecule has 0 aliphatic rings. The molecular weight excluding hydrogens is 393 g/mol. The Kier molecular flexibility index (Phi) is 5.27. The van der Waals surface area contributed by atoms with Crippen molar-refractivity contribution in [3.05, 3.63) is 75.5 Å². The summed E-state index contributed by atoms with van der Waals surface area (Å²) in [7, 11) is -3.69. The highest BCUT2D eigenvalue weighted by Gasteiger charge is 2.18. The van der Waals surface area contributed by atoms with E-state index < -0.39 is 10.0 Å². The van der Waals surface area contributed by atoms with Crippen LogP contribution in [0.3, 0.4) is 0 Å². The van der Waals surface area contributed by atoms with Crippen LogP contribution in [0.1, 0.15) is 16.7 Å². The third-order valence-electron chi connectivity index (χ3n) is 3.87. The summed E-state index contributed by atoms with van der Waals surface area (Å²) in [6, 6.07) is 10.5. The lowest BCUT2D eigenvalue weighted by atomic mass is 10.2. The second kappa shape index (κ2) is 7.31. The standard InChI is InChI=1S/C18H17Cl2N3O2S/c1-12-3-4-13(2)18(7-12)26(24,25)22-16-9-21-23(11-16)10-14-5-6-15(19)8-17(14)20/h3-9,11,22H,10H2,1-2H3. The van der Waals surface area contributed by atoms with Crippen LogP contribution >= 0.6 is 23.2 Å². The molecule has 26 heavy (non-hydrogen) atoms. The van der Waals surface area contributed by atoms with Crippen molar-refractivity contribution in [2.75, 3.05) is 4.72 Å². The van der Waals surface area contributed by atoms with E-state index >= 15 is 0 Å². The number of benzene rings is 2. The van der Waals surface area contributed by atoms with Crippen molar-refractivity contribution < 1.29 is 8.42 Å². The number of halogens is 2. The molecule has 3 aromatic rings. The van der Waals surface area contributed by atoms with Crippen LogP contribution in [0.25, 0.3) is 0 Å². The van der Waals surface area contributed by atoms with Crippen LogP contribution in [-0.4, -0.2) is 18.2 Å². The van der Waals surface area contributed by atoms with Crippen LogP contribution in [0.5, 0.6) is 0 Å². The predicted molar refractivity (Wildman–Crippen MR) is 105 cm³/mol. The molecule has 0 spiro atoms. The van der Waals surface area contributed by atoms with Gasteiger partial charge in [0.15, 0.2) is 0 Å². The fourth-order valence-corrected chi connectivity index (χ4v) is 4.36. The zero-order chi connectivity index (χ0) is 18.9. The lowest BCUT2D eigenvalue weighted by Crippen LogP contribution is -2.14. The van der Waals surface area contributed by atoms with E-state index in [2.05, 4.69) is 9.82 Å². The van der Waals surface area contributed by atoms with E-state index in [1.165, 1.54) is 6.20 Å². The van der Waals surface area contributed by atoms with Crippen LogP contribution in [0.4, 0.5) is 5.69 Å². The smallest absolute Gasteiger partial charge is 0.262 e. The Morgan fingerprint density at radius 2 is 1.88 bits per heavy atom. The molecule has 0 radical (unpaired) electrons. The van der Waals surface area contributed by atoms with Gasteiger partial charge in [0.05, 0.1) is 23.3 Å². The molecule has 0 unspecified atom stereocenters. The molecule has 0 saturated heterocycles. The Morgan fingerprint density at radius 1 is 1.12 bits per heavy atom. The third-order valence-corrected chi connectivity index (χ3v) is 5.98. The maximum absolute atomic E-state index is 12.6. The summed E-state index contributed by atoms with van der Waals surface area (Å²) in [5, 5.41) is 5.28. The second-order valence-corrected chi connectivity index (χ2v) is 8.53. The van der Waals surface area contributed by atoms with Gasteiger partial charge in [-0.15, -0.1) is 0 Å². The van der Waals surface area contributed by atoms with Crippen LogP contribution in [-0.2, 0) is 16.6 Å². The Balaban J connectivity index is 1.80. The quantitative estimate of drug-likeness (QED) is 0.666.